The fourth-order valence-corrected chi connectivity index (χ4v) is 2.54. The molecule has 1 rings (SSSR count). The first kappa shape index (κ1) is 14.9. The van der Waals surface area contributed by atoms with E-state index in [1.54, 1.807) is 6.92 Å². The van der Waals surface area contributed by atoms with Crippen LogP contribution >= 0.6 is 23.2 Å². The van der Waals surface area contributed by atoms with E-state index in [-0.39, 0.29) is 10.2 Å². The van der Waals surface area contributed by atoms with Gasteiger partial charge in [-0.15, -0.1) is 4.40 Å². The van der Waals surface area contributed by atoms with Crippen LogP contribution in [0.2, 0.25) is 5.02 Å². The molecule has 0 saturated heterocycles. The lowest BCUT2D eigenvalue weighted by molar-refractivity contribution is 0.483. The molecule has 0 aromatic heterocycles. The first-order valence-electron chi connectivity index (χ1n) is 4.91. The predicted octanol–water partition coefficient (Wildman–Crippen LogP) is 2.56. The van der Waals surface area contributed by atoms with Gasteiger partial charge in [0.25, 0.3) is 10.0 Å². The lowest BCUT2D eigenvalue weighted by Crippen LogP contribution is -2.21. The molecule has 0 radical (unpaired) electrons. The first-order chi connectivity index (χ1) is 8.40. The number of hydrazone groups is 1. The summed E-state index contributed by atoms with van der Waals surface area (Å²) in [6.07, 6.45) is 0. The maximum absolute atomic E-state index is 11.9. The van der Waals surface area contributed by atoms with Crippen LogP contribution in [0.4, 0.5) is 0 Å². The van der Waals surface area contributed by atoms with Crippen LogP contribution in [-0.2, 0) is 10.0 Å². The Balaban J connectivity index is 3.11. The quantitative estimate of drug-likeness (QED) is 0.372. The maximum atomic E-state index is 11.9. The Morgan fingerprint density at radius 2 is 1.94 bits per heavy atom. The van der Waals surface area contributed by atoms with Gasteiger partial charge in [-0.2, -0.15) is 13.5 Å². The summed E-state index contributed by atoms with van der Waals surface area (Å²) in [4.78, 5) is 0.00478. The zero-order valence-corrected chi connectivity index (χ0v) is 11.9. The van der Waals surface area contributed by atoms with Gasteiger partial charge in [0.1, 0.15) is 0 Å². The topological polar surface area (TPSA) is 62.1 Å². The molecule has 0 unspecified atom stereocenters. The van der Waals surface area contributed by atoms with Gasteiger partial charge in [-0.25, -0.2) is 5.01 Å². The summed E-state index contributed by atoms with van der Waals surface area (Å²) in [6, 6.07) is 5.62. The van der Waals surface area contributed by atoms with E-state index in [0.717, 1.165) is 5.01 Å². The van der Waals surface area contributed by atoms with Crippen molar-refractivity contribution < 1.29 is 8.42 Å². The second-order valence-corrected chi connectivity index (χ2v) is 5.53. The van der Waals surface area contributed by atoms with Gasteiger partial charge >= 0.3 is 0 Å². The molecule has 1 aromatic rings. The van der Waals surface area contributed by atoms with Gasteiger partial charge in [-0.3, -0.25) is 0 Å². The molecule has 0 saturated carbocycles. The monoisotopic (exact) mass is 307 g/mol. The van der Waals surface area contributed by atoms with E-state index < -0.39 is 10.0 Å². The summed E-state index contributed by atoms with van der Waals surface area (Å²) >= 11 is 11.4. The second kappa shape index (κ2) is 6.17. The lowest BCUT2D eigenvalue weighted by Gasteiger charge is -2.12. The molecule has 0 aliphatic carbocycles. The second-order valence-electron chi connectivity index (χ2n) is 3.15. The molecule has 8 heteroatoms. The summed E-state index contributed by atoms with van der Waals surface area (Å²) in [5.41, 5.74) is 0. The molecule has 0 N–H and O–H groups in total. The predicted molar refractivity (Wildman–Crippen MR) is 73.9 cm³/mol. The Bertz CT molecular complexity index is 555. The Kier molecular flexibility index (Phi) is 5.13. The number of sulfonamides is 1. The maximum Gasteiger partial charge on any atom is 0.285 e. The summed E-state index contributed by atoms with van der Waals surface area (Å²) in [5.74, 6) is 0. The van der Waals surface area contributed by atoms with Crippen molar-refractivity contribution in [2.75, 3.05) is 6.54 Å². The molecular weight excluding hydrogens is 297 g/mol. The fraction of sp³-hybridized carbons (Fsp3) is 0.200. The number of amidine groups is 1. The highest BCUT2D eigenvalue weighted by atomic mass is 35.5. The van der Waals surface area contributed by atoms with Crippen LogP contribution in [0.5, 0.6) is 0 Å². The Morgan fingerprint density at radius 1 is 1.39 bits per heavy atom. The molecule has 0 amide bonds. The SMILES string of the molecule is C=NN(CC)/C(Cl)=N\S(=O)(=O)c1ccc(Cl)cc1. The normalized spacial score (nSPS) is 12.3. The van der Waals surface area contributed by atoms with Gasteiger partial charge in [-0.05, 0) is 42.8 Å². The molecule has 0 heterocycles. The average molecular weight is 308 g/mol. The number of benzene rings is 1. The largest absolute Gasteiger partial charge is 0.285 e. The first-order valence-corrected chi connectivity index (χ1v) is 7.10. The van der Waals surface area contributed by atoms with Crippen molar-refractivity contribution in [3.63, 3.8) is 0 Å². The molecule has 1 aromatic carbocycles. The van der Waals surface area contributed by atoms with Crippen LogP contribution in [-0.4, -0.2) is 32.0 Å². The van der Waals surface area contributed by atoms with Crippen molar-refractivity contribution in [1.82, 2.24) is 5.01 Å². The standard InChI is InChI=1S/C10H11Cl2N3O2S/c1-3-15(13-2)10(12)14-18(16,17)9-6-4-8(11)5-7-9/h4-7H,2-3H2,1H3/b14-10-. The van der Waals surface area contributed by atoms with Crippen LogP contribution in [0, 0.1) is 0 Å². The molecule has 0 aliphatic heterocycles. The van der Waals surface area contributed by atoms with Crippen molar-refractivity contribution in [2.24, 2.45) is 9.50 Å². The van der Waals surface area contributed by atoms with E-state index in [1.165, 1.54) is 24.3 Å². The van der Waals surface area contributed by atoms with Crippen molar-refractivity contribution in [2.45, 2.75) is 11.8 Å². The van der Waals surface area contributed by atoms with E-state index in [9.17, 15) is 8.42 Å². The third-order valence-corrected chi connectivity index (χ3v) is 3.90. The van der Waals surface area contributed by atoms with Gasteiger partial charge in [0.2, 0.25) is 5.29 Å². The van der Waals surface area contributed by atoms with E-state index in [2.05, 4.69) is 16.2 Å². The zero-order chi connectivity index (χ0) is 13.8. The summed E-state index contributed by atoms with van der Waals surface area (Å²) in [5, 5.41) is 4.87. The number of nitrogens with zero attached hydrogens (tertiary/aromatic N) is 3. The fourth-order valence-electron chi connectivity index (χ4n) is 1.09. The molecule has 18 heavy (non-hydrogen) atoms. The molecule has 5 nitrogen and oxygen atoms in total. The Morgan fingerprint density at radius 3 is 2.39 bits per heavy atom. The van der Waals surface area contributed by atoms with Crippen molar-refractivity contribution >= 4 is 45.2 Å². The van der Waals surface area contributed by atoms with E-state index in [4.69, 9.17) is 23.2 Å². The van der Waals surface area contributed by atoms with Gasteiger partial charge in [-0.1, -0.05) is 11.6 Å². The van der Waals surface area contributed by atoms with Gasteiger partial charge in [0.05, 0.1) is 4.90 Å². The number of hydrogen-bond acceptors (Lipinski definition) is 3. The summed E-state index contributed by atoms with van der Waals surface area (Å²) in [7, 11) is -3.87. The molecule has 98 valence electrons. The molecule has 0 aliphatic rings. The molecular formula is C10H11Cl2N3O2S. The Labute approximate surface area is 116 Å². The summed E-state index contributed by atoms with van der Waals surface area (Å²) in [6.45, 7) is 5.37. The van der Waals surface area contributed by atoms with E-state index in [1.807, 2.05) is 0 Å². The highest BCUT2D eigenvalue weighted by Crippen LogP contribution is 2.17. The van der Waals surface area contributed by atoms with Crippen LogP contribution in [0.1, 0.15) is 6.92 Å². The van der Waals surface area contributed by atoms with Crippen molar-refractivity contribution in [1.29, 1.82) is 0 Å². The van der Waals surface area contributed by atoms with Crippen molar-refractivity contribution in [3.8, 4) is 0 Å². The minimum absolute atomic E-state index is 0.00478. The number of hydrogen-bond donors (Lipinski definition) is 0. The smallest absolute Gasteiger partial charge is 0.238 e. The number of halogens is 2. The average Bonchev–Trinajstić information content (AvgIpc) is 2.30. The molecule has 0 bridgehead atoms. The Hall–Kier alpha value is -1.11. The third-order valence-electron chi connectivity index (χ3n) is 1.99. The van der Waals surface area contributed by atoms with E-state index in [0.29, 0.717) is 11.6 Å². The van der Waals surface area contributed by atoms with Gasteiger partial charge in [0, 0.05) is 18.3 Å². The third kappa shape index (κ3) is 3.69. The van der Waals surface area contributed by atoms with E-state index >= 15 is 0 Å². The van der Waals surface area contributed by atoms with Crippen LogP contribution in [0.25, 0.3) is 0 Å². The number of rotatable bonds is 4. The minimum atomic E-state index is -3.87. The highest BCUT2D eigenvalue weighted by molar-refractivity contribution is 7.90. The lowest BCUT2D eigenvalue weighted by atomic mass is 10.4. The molecule has 0 spiro atoms. The zero-order valence-electron chi connectivity index (χ0n) is 9.55. The van der Waals surface area contributed by atoms with Gasteiger partial charge in [0.15, 0.2) is 0 Å². The minimum Gasteiger partial charge on any atom is -0.238 e. The molecule has 0 atom stereocenters. The van der Waals surface area contributed by atoms with Gasteiger partial charge < -0.3 is 0 Å². The molecule has 0 fully saturated rings. The van der Waals surface area contributed by atoms with Crippen molar-refractivity contribution in [3.05, 3.63) is 29.3 Å². The summed E-state index contributed by atoms with van der Waals surface area (Å²) < 4.78 is 27.2. The highest BCUT2D eigenvalue weighted by Gasteiger charge is 2.15. The van der Waals surface area contributed by atoms with Crippen LogP contribution < -0.4 is 0 Å². The van der Waals surface area contributed by atoms with Crippen LogP contribution in [0.15, 0.2) is 38.7 Å². The van der Waals surface area contributed by atoms with Crippen LogP contribution in [0.3, 0.4) is 0 Å².